The summed E-state index contributed by atoms with van der Waals surface area (Å²) in [7, 11) is -0.219. The van der Waals surface area contributed by atoms with Crippen LogP contribution in [0.25, 0.3) is 11.1 Å². The summed E-state index contributed by atoms with van der Waals surface area (Å²) < 4.78 is 16.0. The van der Waals surface area contributed by atoms with Crippen LogP contribution in [0.2, 0.25) is 0 Å². The molecule has 0 radical (unpaired) electrons. The first-order valence-corrected chi connectivity index (χ1v) is 12.8. The number of nitrogens with zero attached hydrogens (tertiary/aromatic N) is 6. The Bertz CT molecular complexity index is 1320. The Kier molecular flexibility index (Phi) is 5.14. The van der Waals surface area contributed by atoms with Gasteiger partial charge in [0.05, 0.1) is 18.5 Å². The van der Waals surface area contributed by atoms with Crippen molar-refractivity contribution in [1.82, 2.24) is 19.1 Å². The summed E-state index contributed by atoms with van der Waals surface area (Å²) in [5.41, 5.74) is 8.09. The first kappa shape index (κ1) is 20.9. The number of aromatic nitrogens is 3. The third kappa shape index (κ3) is 3.84. The molecule has 1 fully saturated rings. The van der Waals surface area contributed by atoms with Gasteiger partial charge in [0.25, 0.3) is 0 Å². The van der Waals surface area contributed by atoms with E-state index in [9.17, 15) is 4.21 Å². The third-order valence-electron chi connectivity index (χ3n) is 6.29. The van der Waals surface area contributed by atoms with Crippen molar-refractivity contribution < 1.29 is 4.21 Å². The molecule has 2 aromatic heterocycles. The van der Waals surface area contributed by atoms with Gasteiger partial charge in [-0.15, -0.1) is 0 Å². The van der Waals surface area contributed by atoms with E-state index in [0.29, 0.717) is 6.54 Å². The molecule has 0 amide bonds. The van der Waals surface area contributed by atoms with E-state index in [2.05, 4.69) is 46.0 Å². The highest BCUT2D eigenvalue weighted by Gasteiger charge is 2.24. The third-order valence-corrected chi connectivity index (χ3v) is 7.75. The molecule has 1 unspecified atom stereocenters. The van der Waals surface area contributed by atoms with Gasteiger partial charge < -0.3 is 4.90 Å². The lowest BCUT2D eigenvalue weighted by Crippen LogP contribution is -2.48. The molecule has 1 atom stereocenters. The summed E-state index contributed by atoms with van der Waals surface area (Å²) >= 11 is 0. The number of aliphatic imine (C=N–C) groups is 1. The van der Waals surface area contributed by atoms with Gasteiger partial charge in [-0.05, 0) is 47.7 Å². The standard InChI is InChI=1S/C24H28N6OS/c1-17-11-19(20-14-27-28(2)16-20)12-21-22(17)15-26-24(21)18-5-6-25-23(13-18)29-7-9-30(10-8-29)32(3,4)31/h5-6,11-14,16H,3,7-10,15H2,1-2,4H3. The first-order chi connectivity index (χ1) is 15.3. The molecule has 0 spiro atoms. The van der Waals surface area contributed by atoms with Gasteiger partial charge in [0.15, 0.2) is 0 Å². The smallest absolute Gasteiger partial charge is 0.129 e. The van der Waals surface area contributed by atoms with Gasteiger partial charge in [-0.1, -0.05) is 6.07 Å². The molecule has 7 nitrogen and oxygen atoms in total. The second kappa shape index (κ2) is 7.86. The molecule has 3 aromatic rings. The normalized spacial score (nSPS) is 18.3. The molecule has 0 N–H and O–H groups in total. The van der Waals surface area contributed by atoms with Crippen molar-refractivity contribution in [3.8, 4) is 11.1 Å². The molecule has 0 saturated carbocycles. The van der Waals surface area contributed by atoms with Gasteiger partial charge in [0, 0.05) is 78.3 Å². The Balaban J connectivity index is 1.44. The SMILES string of the molecule is C=S(C)(=O)N1CCN(c2cc(C3=NCc4c(C)cc(-c5cnn(C)c5)cc43)ccn2)CC1. The van der Waals surface area contributed by atoms with Crippen molar-refractivity contribution in [1.29, 1.82) is 0 Å². The molecule has 0 bridgehead atoms. The van der Waals surface area contributed by atoms with Crippen LogP contribution in [0.4, 0.5) is 5.82 Å². The van der Waals surface area contributed by atoms with E-state index in [1.165, 1.54) is 16.7 Å². The average molecular weight is 449 g/mol. The lowest BCUT2D eigenvalue weighted by molar-refractivity contribution is 0.409. The van der Waals surface area contributed by atoms with E-state index >= 15 is 0 Å². The number of anilines is 1. The van der Waals surface area contributed by atoms with E-state index in [1.807, 2.05) is 40.7 Å². The van der Waals surface area contributed by atoms with Crippen molar-refractivity contribution in [3.63, 3.8) is 0 Å². The fourth-order valence-electron chi connectivity index (χ4n) is 4.51. The van der Waals surface area contributed by atoms with Crippen LogP contribution in [-0.2, 0) is 23.3 Å². The zero-order valence-corrected chi connectivity index (χ0v) is 19.6. The van der Waals surface area contributed by atoms with Gasteiger partial charge in [-0.2, -0.15) is 5.10 Å². The fourth-order valence-corrected chi connectivity index (χ4v) is 5.44. The second-order valence-corrected chi connectivity index (χ2v) is 11.1. The number of aryl methyl sites for hydroxylation is 2. The molecule has 32 heavy (non-hydrogen) atoms. The van der Waals surface area contributed by atoms with Crippen LogP contribution in [0.3, 0.4) is 0 Å². The van der Waals surface area contributed by atoms with Crippen LogP contribution in [0.5, 0.6) is 0 Å². The number of hydrogen-bond acceptors (Lipinski definition) is 5. The predicted octanol–water partition coefficient (Wildman–Crippen LogP) is 2.52. The van der Waals surface area contributed by atoms with Gasteiger partial charge in [0.2, 0.25) is 0 Å². The van der Waals surface area contributed by atoms with Crippen LogP contribution >= 0.6 is 0 Å². The summed E-state index contributed by atoms with van der Waals surface area (Å²) in [6, 6.07) is 8.62. The number of piperazine rings is 1. The Morgan fingerprint density at radius 3 is 2.53 bits per heavy atom. The van der Waals surface area contributed by atoms with E-state index in [0.717, 1.165) is 54.4 Å². The first-order valence-electron chi connectivity index (χ1n) is 10.8. The highest BCUT2D eigenvalue weighted by molar-refractivity contribution is 7.97. The molecule has 1 aromatic carbocycles. The molecular weight excluding hydrogens is 420 g/mol. The number of hydrogen-bond donors (Lipinski definition) is 0. The van der Waals surface area contributed by atoms with Crippen LogP contribution < -0.4 is 4.90 Å². The Morgan fingerprint density at radius 1 is 1.06 bits per heavy atom. The van der Waals surface area contributed by atoms with Crippen molar-refractivity contribution in [3.05, 3.63) is 65.1 Å². The highest BCUT2D eigenvalue weighted by Crippen LogP contribution is 2.32. The maximum Gasteiger partial charge on any atom is 0.129 e. The van der Waals surface area contributed by atoms with Crippen LogP contribution in [0.1, 0.15) is 22.3 Å². The monoisotopic (exact) mass is 448 g/mol. The number of fused-ring (bicyclic) bond motifs is 1. The molecule has 5 rings (SSSR count). The Hall–Kier alpha value is -2.97. The molecule has 8 heteroatoms. The largest absolute Gasteiger partial charge is 0.354 e. The summed E-state index contributed by atoms with van der Waals surface area (Å²) in [6.07, 6.45) is 7.51. The van der Waals surface area contributed by atoms with Crippen LogP contribution in [0.15, 0.2) is 47.8 Å². The molecule has 4 heterocycles. The number of benzene rings is 1. The van der Waals surface area contributed by atoms with E-state index in [1.54, 1.807) is 6.26 Å². The van der Waals surface area contributed by atoms with Crippen molar-refractivity contribution in [2.75, 3.05) is 37.3 Å². The summed E-state index contributed by atoms with van der Waals surface area (Å²) in [5, 5.41) is 4.32. The van der Waals surface area contributed by atoms with E-state index in [-0.39, 0.29) is 0 Å². The molecule has 166 valence electrons. The van der Waals surface area contributed by atoms with Gasteiger partial charge in [-0.25, -0.2) is 9.29 Å². The van der Waals surface area contributed by atoms with E-state index < -0.39 is 9.71 Å². The zero-order chi connectivity index (χ0) is 22.5. The number of pyridine rings is 1. The molecule has 0 aliphatic carbocycles. The average Bonchev–Trinajstić information content (AvgIpc) is 3.40. The topological polar surface area (TPSA) is 66.6 Å². The maximum absolute atomic E-state index is 12.2. The quantitative estimate of drug-likeness (QED) is 0.576. The lowest BCUT2D eigenvalue weighted by Gasteiger charge is -2.35. The second-order valence-electron chi connectivity index (χ2n) is 8.66. The highest BCUT2D eigenvalue weighted by atomic mass is 32.2. The van der Waals surface area contributed by atoms with E-state index in [4.69, 9.17) is 4.99 Å². The Morgan fingerprint density at radius 2 is 1.84 bits per heavy atom. The Labute approximate surface area is 189 Å². The minimum absolute atomic E-state index is 0.703. The maximum atomic E-state index is 12.2. The van der Waals surface area contributed by atoms with Crippen molar-refractivity contribution >= 4 is 27.1 Å². The minimum atomic E-state index is -2.15. The van der Waals surface area contributed by atoms with Crippen molar-refractivity contribution in [2.45, 2.75) is 13.5 Å². The number of rotatable bonds is 4. The molecule has 2 aliphatic heterocycles. The minimum Gasteiger partial charge on any atom is -0.354 e. The summed E-state index contributed by atoms with van der Waals surface area (Å²) in [6.45, 7) is 5.87. The van der Waals surface area contributed by atoms with Crippen LogP contribution in [0, 0.1) is 6.92 Å². The lowest BCUT2D eigenvalue weighted by atomic mass is 9.93. The fraction of sp³-hybridized carbons (Fsp3) is 0.333. The van der Waals surface area contributed by atoms with Gasteiger partial charge >= 0.3 is 0 Å². The zero-order valence-electron chi connectivity index (χ0n) is 18.8. The summed E-state index contributed by atoms with van der Waals surface area (Å²) in [4.78, 5) is 11.8. The van der Waals surface area contributed by atoms with Crippen molar-refractivity contribution in [2.24, 2.45) is 12.0 Å². The predicted molar refractivity (Wildman–Crippen MR) is 132 cm³/mol. The summed E-state index contributed by atoms with van der Waals surface area (Å²) in [5.74, 6) is 4.75. The molecular formula is C24H28N6OS. The molecule has 1 saturated heterocycles. The van der Waals surface area contributed by atoms with Crippen LogP contribution in [-0.4, -0.2) is 67.3 Å². The molecule has 2 aliphatic rings. The van der Waals surface area contributed by atoms with Gasteiger partial charge in [-0.3, -0.25) is 13.9 Å². The van der Waals surface area contributed by atoms with Gasteiger partial charge in [0.1, 0.15) is 5.82 Å².